The molecule has 0 saturated carbocycles. The van der Waals surface area contributed by atoms with E-state index in [2.05, 4.69) is 31.1 Å². The summed E-state index contributed by atoms with van der Waals surface area (Å²) in [5, 5.41) is 19.9. The van der Waals surface area contributed by atoms with Crippen LogP contribution < -0.4 is 10.8 Å². The normalized spacial score (nSPS) is 12.0. The highest BCUT2D eigenvalue weighted by molar-refractivity contribution is 9.10. The van der Waals surface area contributed by atoms with Crippen LogP contribution in [0.1, 0.15) is 10.4 Å². The number of hydrogen-bond acceptors (Lipinski definition) is 6. The topological polar surface area (TPSA) is 104 Å². The van der Waals surface area contributed by atoms with E-state index < -0.39 is 70.0 Å². The Kier molecular flexibility index (Phi) is 7.07. The van der Waals surface area contributed by atoms with Crippen molar-refractivity contribution < 1.29 is 37.4 Å². The molecular weight excluding hydrogens is 442 g/mol. The fraction of sp³-hybridized carbons (Fsp3) is 0.200. The number of nitrogens with zero attached hydrogens (tertiary/aromatic N) is 1. The van der Waals surface area contributed by atoms with Crippen LogP contribution in [0.4, 0.5) is 29.1 Å². The molecule has 2 rings (SSSR count). The summed E-state index contributed by atoms with van der Waals surface area (Å²) in [6, 6.07) is 1.35. The van der Waals surface area contributed by atoms with Gasteiger partial charge in [0.25, 0.3) is 5.91 Å². The van der Waals surface area contributed by atoms with Crippen molar-refractivity contribution in [3.63, 3.8) is 0 Å². The number of carbonyl (C=O) groups is 1. The standard InChI is InChI=1S/C15H12BrF4N3O4/c16-9-2-8(15(26)23-27-5-7(25)4-24)13(12(20)11(9)19)22-14-10(18)1-6(17)3-21-14/h1-3,7,24-25H,4-5H2,(H,21,22)(H,23,26)/t7-/m1/s1. The molecule has 0 aliphatic carbocycles. The van der Waals surface area contributed by atoms with Crippen LogP contribution in [0.25, 0.3) is 0 Å². The first-order valence-corrected chi connectivity index (χ1v) is 8.00. The predicted molar refractivity (Wildman–Crippen MR) is 88.0 cm³/mol. The zero-order valence-electron chi connectivity index (χ0n) is 13.3. The summed E-state index contributed by atoms with van der Waals surface area (Å²) in [6.07, 6.45) is -0.644. The molecule has 0 aliphatic heterocycles. The Morgan fingerprint density at radius 2 is 1.96 bits per heavy atom. The van der Waals surface area contributed by atoms with Crippen molar-refractivity contribution >= 4 is 33.3 Å². The number of hydroxylamine groups is 1. The summed E-state index contributed by atoms with van der Waals surface area (Å²) in [7, 11) is 0. The fourth-order valence-electron chi connectivity index (χ4n) is 1.83. The Hall–Kier alpha value is -2.28. The number of rotatable bonds is 7. The number of pyridine rings is 1. The number of carbonyl (C=O) groups excluding carboxylic acids is 1. The monoisotopic (exact) mass is 453 g/mol. The first-order valence-electron chi connectivity index (χ1n) is 7.21. The third-order valence-electron chi connectivity index (χ3n) is 3.11. The molecule has 0 unspecified atom stereocenters. The lowest BCUT2D eigenvalue weighted by Gasteiger charge is -2.15. The minimum absolute atomic E-state index is 0.404. The van der Waals surface area contributed by atoms with Gasteiger partial charge in [-0.15, -0.1) is 0 Å². The summed E-state index contributed by atoms with van der Waals surface area (Å²) in [5.74, 6) is -6.82. The number of aliphatic hydroxyl groups is 2. The Bertz CT molecular complexity index is 856. The zero-order valence-corrected chi connectivity index (χ0v) is 14.9. The Balaban J connectivity index is 2.34. The average molecular weight is 454 g/mol. The molecule has 146 valence electrons. The molecule has 1 amide bonds. The number of nitrogens with one attached hydrogen (secondary N) is 2. The summed E-state index contributed by atoms with van der Waals surface area (Å²) in [6.45, 7) is -1.11. The molecule has 0 radical (unpaired) electrons. The number of aromatic nitrogens is 1. The molecule has 0 bridgehead atoms. The summed E-state index contributed by atoms with van der Waals surface area (Å²) in [4.78, 5) is 20.2. The minimum atomic E-state index is -1.53. The average Bonchev–Trinajstić information content (AvgIpc) is 2.63. The van der Waals surface area contributed by atoms with Crippen molar-refractivity contribution in [3.05, 3.63) is 51.6 Å². The second-order valence-electron chi connectivity index (χ2n) is 5.10. The summed E-state index contributed by atoms with van der Waals surface area (Å²) in [5.41, 5.74) is 0.564. The van der Waals surface area contributed by atoms with Gasteiger partial charge >= 0.3 is 0 Å². The molecule has 7 nitrogen and oxygen atoms in total. The highest BCUT2D eigenvalue weighted by Crippen LogP contribution is 2.31. The van der Waals surface area contributed by atoms with Crippen molar-refractivity contribution in [1.82, 2.24) is 10.5 Å². The van der Waals surface area contributed by atoms with Crippen molar-refractivity contribution in [1.29, 1.82) is 0 Å². The van der Waals surface area contributed by atoms with Crippen molar-refractivity contribution in [3.8, 4) is 0 Å². The Morgan fingerprint density at radius 1 is 1.26 bits per heavy atom. The van der Waals surface area contributed by atoms with E-state index in [-0.39, 0.29) is 0 Å². The second kappa shape index (κ2) is 9.08. The molecule has 1 aromatic carbocycles. The van der Waals surface area contributed by atoms with E-state index in [9.17, 15) is 22.4 Å². The van der Waals surface area contributed by atoms with E-state index in [1.54, 1.807) is 0 Å². The maximum atomic E-state index is 14.3. The number of benzene rings is 1. The van der Waals surface area contributed by atoms with Crippen LogP contribution in [0.2, 0.25) is 0 Å². The Labute approximate surface area is 158 Å². The van der Waals surface area contributed by atoms with Crippen LogP contribution in [0.3, 0.4) is 0 Å². The molecule has 4 N–H and O–H groups in total. The largest absolute Gasteiger partial charge is 0.394 e. The second-order valence-corrected chi connectivity index (χ2v) is 5.95. The van der Waals surface area contributed by atoms with Gasteiger partial charge in [0.05, 0.1) is 28.5 Å². The molecule has 27 heavy (non-hydrogen) atoms. The maximum Gasteiger partial charge on any atom is 0.277 e. The van der Waals surface area contributed by atoms with E-state index in [1.807, 2.05) is 5.48 Å². The lowest BCUT2D eigenvalue weighted by atomic mass is 10.1. The van der Waals surface area contributed by atoms with Gasteiger partial charge in [0.1, 0.15) is 18.5 Å². The van der Waals surface area contributed by atoms with E-state index in [1.165, 1.54) is 0 Å². The minimum Gasteiger partial charge on any atom is -0.394 e. The van der Waals surface area contributed by atoms with Gasteiger partial charge in [-0.2, -0.15) is 0 Å². The van der Waals surface area contributed by atoms with Gasteiger partial charge in [-0.05, 0) is 22.0 Å². The van der Waals surface area contributed by atoms with Crippen LogP contribution in [0.15, 0.2) is 22.8 Å². The molecule has 1 aromatic heterocycles. The van der Waals surface area contributed by atoms with Crippen molar-refractivity contribution in [2.24, 2.45) is 0 Å². The van der Waals surface area contributed by atoms with E-state index in [4.69, 9.17) is 10.2 Å². The number of amides is 1. The third kappa shape index (κ3) is 5.13. The number of anilines is 2. The number of aliphatic hydroxyl groups excluding tert-OH is 2. The molecule has 1 atom stereocenters. The third-order valence-corrected chi connectivity index (χ3v) is 3.69. The molecule has 1 heterocycles. The van der Waals surface area contributed by atoms with Gasteiger partial charge in [-0.1, -0.05) is 0 Å². The number of halogens is 5. The molecular formula is C15H12BrF4N3O4. The van der Waals surface area contributed by atoms with Gasteiger partial charge in [0, 0.05) is 6.07 Å². The summed E-state index contributed by atoms with van der Waals surface area (Å²) < 4.78 is 54.4. The van der Waals surface area contributed by atoms with Gasteiger partial charge < -0.3 is 15.5 Å². The smallest absolute Gasteiger partial charge is 0.277 e. The highest BCUT2D eigenvalue weighted by atomic mass is 79.9. The molecule has 12 heteroatoms. The van der Waals surface area contributed by atoms with Crippen LogP contribution in [0, 0.1) is 23.3 Å². The lowest BCUT2D eigenvalue weighted by molar-refractivity contribution is -0.0295. The van der Waals surface area contributed by atoms with Gasteiger partial charge in [0.2, 0.25) is 0 Å². The quantitative estimate of drug-likeness (QED) is 0.291. The maximum absolute atomic E-state index is 14.3. The zero-order chi connectivity index (χ0) is 20.1. The molecule has 2 aromatic rings. The van der Waals surface area contributed by atoms with Gasteiger partial charge in [-0.25, -0.2) is 28.0 Å². The van der Waals surface area contributed by atoms with E-state index >= 15 is 0 Å². The molecule has 0 spiro atoms. The molecule has 0 aliphatic rings. The van der Waals surface area contributed by atoms with E-state index in [0.29, 0.717) is 12.3 Å². The van der Waals surface area contributed by atoms with Crippen LogP contribution >= 0.6 is 15.9 Å². The van der Waals surface area contributed by atoms with Gasteiger partial charge in [0.15, 0.2) is 23.3 Å². The fourth-order valence-corrected chi connectivity index (χ4v) is 2.24. The number of hydrogen-bond donors (Lipinski definition) is 4. The van der Waals surface area contributed by atoms with Crippen LogP contribution in [-0.4, -0.2) is 40.4 Å². The van der Waals surface area contributed by atoms with Crippen molar-refractivity contribution in [2.75, 3.05) is 18.5 Å². The van der Waals surface area contributed by atoms with Crippen LogP contribution in [-0.2, 0) is 4.84 Å². The first kappa shape index (κ1) is 21.0. The lowest BCUT2D eigenvalue weighted by Crippen LogP contribution is -2.30. The first-order chi connectivity index (χ1) is 12.7. The Morgan fingerprint density at radius 3 is 2.59 bits per heavy atom. The van der Waals surface area contributed by atoms with E-state index in [0.717, 1.165) is 6.07 Å². The van der Waals surface area contributed by atoms with Gasteiger partial charge in [-0.3, -0.25) is 9.63 Å². The highest BCUT2D eigenvalue weighted by Gasteiger charge is 2.23. The molecule has 0 saturated heterocycles. The predicted octanol–water partition coefficient (Wildman–Crippen LogP) is 2.16. The SMILES string of the molecule is O=C(NOC[C@H](O)CO)c1cc(Br)c(F)c(F)c1Nc1ncc(F)cc1F. The van der Waals surface area contributed by atoms with Crippen LogP contribution in [0.5, 0.6) is 0 Å². The molecule has 0 fully saturated rings. The van der Waals surface area contributed by atoms with Crippen molar-refractivity contribution in [2.45, 2.75) is 6.10 Å². The summed E-state index contributed by atoms with van der Waals surface area (Å²) >= 11 is 2.74.